The van der Waals surface area contributed by atoms with Crippen LogP contribution in [0.2, 0.25) is 0 Å². The standard InChI is InChI=1S/C6H9NO2/c1-3-9-6(8)5(2)4-7/h4,7H,2-3H2,1H3. The fourth-order valence-electron chi connectivity index (χ4n) is 0.283. The monoisotopic (exact) mass is 127 g/mol. The second-order valence-electron chi connectivity index (χ2n) is 1.39. The van der Waals surface area contributed by atoms with E-state index in [0.717, 1.165) is 6.21 Å². The Balaban J connectivity index is 3.73. The zero-order chi connectivity index (χ0) is 7.28. The Morgan fingerprint density at radius 1 is 1.89 bits per heavy atom. The maximum atomic E-state index is 10.5. The van der Waals surface area contributed by atoms with Gasteiger partial charge in [-0.1, -0.05) is 6.58 Å². The first-order valence-electron chi connectivity index (χ1n) is 2.58. The van der Waals surface area contributed by atoms with Crippen molar-refractivity contribution in [2.75, 3.05) is 6.61 Å². The fourth-order valence-corrected chi connectivity index (χ4v) is 0.283. The number of rotatable bonds is 3. The van der Waals surface area contributed by atoms with Gasteiger partial charge in [0.2, 0.25) is 0 Å². The summed E-state index contributed by atoms with van der Waals surface area (Å²) in [5.41, 5.74) is 0.0804. The molecule has 0 radical (unpaired) electrons. The molecule has 0 spiro atoms. The molecule has 0 saturated heterocycles. The van der Waals surface area contributed by atoms with Crippen LogP contribution >= 0.6 is 0 Å². The quantitative estimate of drug-likeness (QED) is 0.345. The summed E-state index contributed by atoms with van der Waals surface area (Å²) in [6.45, 7) is 5.30. The van der Waals surface area contributed by atoms with E-state index in [1.54, 1.807) is 6.92 Å². The molecule has 0 aromatic rings. The molecule has 0 bridgehead atoms. The number of esters is 1. The Labute approximate surface area is 53.8 Å². The van der Waals surface area contributed by atoms with Crippen molar-refractivity contribution in [3.63, 3.8) is 0 Å². The predicted molar refractivity (Wildman–Crippen MR) is 34.6 cm³/mol. The van der Waals surface area contributed by atoms with Crippen LogP contribution in [0.4, 0.5) is 0 Å². The van der Waals surface area contributed by atoms with E-state index in [-0.39, 0.29) is 5.57 Å². The molecule has 0 aromatic heterocycles. The van der Waals surface area contributed by atoms with Crippen molar-refractivity contribution in [3.05, 3.63) is 12.2 Å². The topological polar surface area (TPSA) is 50.2 Å². The molecular formula is C6H9NO2. The molecule has 0 rings (SSSR count). The summed E-state index contributed by atoms with van der Waals surface area (Å²) in [6, 6.07) is 0. The average molecular weight is 127 g/mol. The molecular weight excluding hydrogens is 118 g/mol. The second-order valence-corrected chi connectivity index (χ2v) is 1.39. The first kappa shape index (κ1) is 7.88. The van der Waals surface area contributed by atoms with Gasteiger partial charge in [0.05, 0.1) is 12.2 Å². The molecule has 9 heavy (non-hydrogen) atoms. The van der Waals surface area contributed by atoms with Gasteiger partial charge in [-0.2, -0.15) is 0 Å². The van der Waals surface area contributed by atoms with Crippen LogP contribution in [-0.4, -0.2) is 18.8 Å². The predicted octanol–water partition coefficient (Wildman–Crippen LogP) is 0.755. The Morgan fingerprint density at radius 3 is 2.78 bits per heavy atom. The van der Waals surface area contributed by atoms with Crippen molar-refractivity contribution in [2.45, 2.75) is 6.92 Å². The summed E-state index contributed by atoms with van der Waals surface area (Å²) in [5, 5.41) is 6.59. The first-order valence-corrected chi connectivity index (χ1v) is 2.58. The highest BCUT2D eigenvalue weighted by atomic mass is 16.5. The van der Waals surface area contributed by atoms with Crippen LogP contribution in [0.15, 0.2) is 12.2 Å². The fraction of sp³-hybridized carbons (Fsp3) is 0.333. The molecule has 0 aliphatic heterocycles. The summed E-state index contributed by atoms with van der Waals surface area (Å²) in [5.74, 6) is -0.521. The third-order valence-electron chi connectivity index (χ3n) is 0.712. The van der Waals surface area contributed by atoms with Gasteiger partial charge in [-0.15, -0.1) is 0 Å². The summed E-state index contributed by atoms with van der Waals surface area (Å²) in [6.07, 6.45) is 0.873. The van der Waals surface area contributed by atoms with E-state index in [2.05, 4.69) is 11.3 Å². The molecule has 0 amide bonds. The average Bonchev–Trinajstić information content (AvgIpc) is 1.87. The molecule has 1 N–H and O–H groups in total. The lowest BCUT2D eigenvalue weighted by Crippen LogP contribution is -2.06. The van der Waals surface area contributed by atoms with Gasteiger partial charge < -0.3 is 10.1 Å². The summed E-state index contributed by atoms with van der Waals surface area (Å²) in [7, 11) is 0. The molecule has 3 heteroatoms. The van der Waals surface area contributed by atoms with Crippen LogP contribution in [0.5, 0.6) is 0 Å². The van der Waals surface area contributed by atoms with Crippen LogP contribution in [0.25, 0.3) is 0 Å². The third-order valence-corrected chi connectivity index (χ3v) is 0.712. The molecule has 0 aliphatic carbocycles. The molecule has 0 saturated carbocycles. The minimum absolute atomic E-state index is 0.0804. The zero-order valence-corrected chi connectivity index (χ0v) is 5.31. The molecule has 0 aliphatic rings. The van der Waals surface area contributed by atoms with Crippen molar-refractivity contribution in [2.24, 2.45) is 0 Å². The van der Waals surface area contributed by atoms with E-state index in [1.807, 2.05) is 0 Å². The van der Waals surface area contributed by atoms with E-state index in [1.165, 1.54) is 0 Å². The molecule has 0 atom stereocenters. The first-order chi connectivity index (χ1) is 4.22. The number of carbonyl (C=O) groups excluding carboxylic acids is 1. The maximum Gasteiger partial charge on any atom is 0.339 e. The van der Waals surface area contributed by atoms with Crippen molar-refractivity contribution >= 4 is 12.2 Å². The van der Waals surface area contributed by atoms with E-state index in [9.17, 15) is 4.79 Å². The number of hydrogen-bond acceptors (Lipinski definition) is 3. The van der Waals surface area contributed by atoms with Crippen LogP contribution in [0.3, 0.4) is 0 Å². The Kier molecular flexibility index (Phi) is 3.35. The third kappa shape index (κ3) is 2.64. The Morgan fingerprint density at radius 2 is 2.44 bits per heavy atom. The molecule has 0 aromatic carbocycles. The number of hydrogen-bond donors (Lipinski definition) is 1. The Bertz CT molecular complexity index is 140. The van der Waals surface area contributed by atoms with Gasteiger partial charge in [-0.3, -0.25) is 0 Å². The van der Waals surface area contributed by atoms with Crippen LogP contribution in [0, 0.1) is 5.41 Å². The van der Waals surface area contributed by atoms with Gasteiger partial charge in [-0.25, -0.2) is 4.79 Å². The lowest BCUT2D eigenvalue weighted by molar-refractivity contribution is -0.137. The number of ether oxygens (including phenoxy) is 1. The summed E-state index contributed by atoms with van der Waals surface area (Å²) in [4.78, 5) is 10.5. The van der Waals surface area contributed by atoms with Crippen LogP contribution in [0.1, 0.15) is 6.92 Å². The number of nitrogens with one attached hydrogen (secondary N) is 1. The normalized spacial score (nSPS) is 8.11. The lowest BCUT2D eigenvalue weighted by atomic mass is 10.3. The smallest absolute Gasteiger partial charge is 0.339 e. The van der Waals surface area contributed by atoms with Crippen molar-refractivity contribution in [3.8, 4) is 0 Å². The molecule has 3 nitrogen and oxygen atoms in total. The van der Waals surface area contributed by atoms with Crippen LogP contribution in [-0.2, 0) is 9.53 Å². The maximum absolute atomic E-state index is 10.5. The van der Waals surface area contributed by atoms with Gasteiger partial charge in [0.15, 0.2) is 0 Å². The summed E-state index contributed by atoms with van der Waals surface area (Å²) >= 11 is 0. The highest BCUT2D eigenvalue weighted by Crippen LogP contribution is 1.88. The minimum Gasteiger partial charge on any atom is -0.462 e. The van der Waals surface area contributed by atoms with Crippen molar-refractivity contribution in [1.29, 1.82) is 5.41 Å². The van der Waals surface area contributed by atoms with Crippen molar-refractivity contribution in [1.82, 2.24) is 0 Å². The van der Waals surface area contributed by atoms with Gasteiger partial charge in [-0.05, 0) is 6.92 Å². The second kappa shape index (κ2) is 3.83. The van der Waals surface area contributed by atoms with Crippen LogP contribution < -0.4 is 0 Å². The minimum atomic E-state index is -0.521. The molecule has 0 fully saturated rings. The highest BCUT2D eigenvalue weighted by Gasteiger charge is 2.01. The lowest BCUT2D eigenvalue weighted by Gasteiger charge is -1.97. The van der Waals surface area contributed by atoms with Gasteiger partial charge in [0, 0.05) is 6.21 Å². The van der Waals surface area contributed by atoms with E-state index in [0.29, 0.717) is 6.61 Å². The highest BCUT2D eigenvalue weighted by molar-refractivity contribution is 6.07. The summed E-state index contributed by atoms with van der Waals surface area (Å²) < 4.78 is 4.50. The van der Waals surface area contributed by atoms with E-state index < -0.39 is 5.97 Å². The molecule has 0 heterocycles. The SMILES string of the molecule is C=C(C=N)C(=O)OCC. The van der Waals surface area contributed by atoms with E-state index >= 15 is 0 Å². The van der Waals surface area contributed by atoms with Gasteiger partial charge in [0.25, 0.3) is 0 Å². The molecule has 0 unspecified atom stereocenters. The largest absolute Gasteiger partial charge is 0.462 e. The van der Waals surface area contributed by atoms with Gasteiger partial charge in [0.1, 0.15) is 0 Å². The zero-order valence-electron chi connectivity index (χ0n) is 5.31. The molecule has 50 valence electrons. The Hall–Kier alpha value is -1.12. The van der Waals surface area contributed by atoms with Crippen molar-refractivity contribution < 1.29 is 9.53 Å². The van der Waals surface area contributed by atoms with E-state index in [4.69, 9.17) is 5.41 Å². The number of carbonyl (C=O) groups is 1. The van der Waals surface area contributed by atoms with Gasteiger partial charge >= 0.3 is 5.97 Å².